The normalized spacial score (nSPS) is 10.7. The molecule has 0 atom stereocenters. The topological polar surface area (TPSA) is 54.0 Å². The van der Waals surface area contributed by atoms with Crippen LogP contribution in [-0.4, -0.2) is 17.9 Å². The molecule has 4 nitrogen and oxygen atoms in total. The predicted molar refractivity (Wildman–Crippen MR) is 112 cm³/mol. The van der Waals surface area contributed by atoms with E-state index >= 15 is 0 Å². The van der Waals surface area contributed by atoms with Crippen LogP contribution in [0.15, 0.2) is 72.9 Å². The Morgan fingerprint density at radius 1 is 1.00 bits per heavy atom. The first-order valence-electron chi connectivity index (χ1n) is 8.73. The number of hydrogen-bond donors (Lipinski definition) is 2. The fraction of sp³-hybridized carbons (Fsp3) is 0.0909. The zero-order chi connectivity index (χ0) is 18.6. The average Bonchev–Trinajstić information content (AvgIpc) is 3.16. The van der Waals surface area contributed by atoms with Gasteiger partial charge in [0.25, 0.3) is 5.91 Å². The molecule has 4 rings (SSSR count). The zero-order valence-corrected chi connectivity index (χ0v) is 15.7. The minimum absolute atomic E-state index is 0.0479. The first kappa shape index (κ1) is 17.2. The Bertz CT molecular complexity index is 1070. The quantitative estimate of drug-likeness (QED) is 0.521. The summed E-state index contributed by atoms with van der Waals surface area (Å²) in [6, 6.07) is 22.5. The molecule has 2 heterocycles. The summed E-state index contributed by atoms with van der Waals surface area (Å²) < 4.78 is 1.10. The first-order valence-corrected chi connectivity index (χ1v) is 9.54. The molecule has 2 N–H and O–H groups in total. The molecule has 0 aliphatic rings. The number of nitrogens with one attached hydrogen (secondary N) is 2. The number of hydrogen-bond acceptors (Lipinski definition) is 4. The Balaban J connectivity index is 1.52. The standard InChI is InChI=1S/C22H19N3OS/c1-23-22(26)20-12-18-11-16(7-9-19(18)27-20)17-8-10-21(25-14-17)24-13-15-5-3-2-4-6-15/h2-12,14H,13H2,1H3,(H,23,26)(H,24,25). The molecule has 0 bridgehead atoms. The van der Waals surface area contributed by atoms with Crippen LogP contribution < -0.4 is 10.6 Å². The number of carbonyl (C=O) groups excluding carboxylic acids is 1. The minimum Gasteiger partial charge on any atom is -0.366 e. The maximum atomic E-state index is 11.8. The minimum atomic E-state index is -0.0479. The van der Waals surface area contributed by atoms with Crippen LogP contribution in [-0.2, 0) is 6.54 Å². The number of thiophene rings is 1. The van der Waals surface area contributed by atoms with Crippen LogP contribution in [0.4, 0.5) is 5.82 Å². The van der Waals surface area contributed by atoms with Gasteiger partial charge in [-0.25, -0.2) is 4.98 Å². The van der Waals surface area contributed by atoms with Crippen LogP contribution in [0.1, 0.15) is 15.2 Å². The van der Waals surface area contributed by atoms with Crippen molar-refractivity contribution < 1.29 is 4.79 Å². The Labute approximate surface area is 161 Å². The van der Waals surface area contributed by atoms with Crippen LogP contribution in [0.3, 0.4) is 0 Å². The Kier molecular flexibility index (Phi) is 4.85. The molecule has 0 unspecified atom stereocenters. The summed E-state index contributed by atoms with van der Waals surface area (Å²) in [5.74, 6) is 0.800. The van der Waals surface area contributed by atoms with Crippen molar-refractivity contribution in [2.24, 2.45) is 0 Å². The number of rotatable bonds is 5. The number of fused-ring (bicyclic) bond motifs is 1. The van der Waals surface area contributed by atoms with E-state index < -0.39 is 0 Å². The van der Waals surface area contributed by atoms with Crippen LogP contribution in [0.25, 0.3) is 21.2 Å². The molecular weight excluding hydrogens is 354 g/mol. The average molecular weight is 373 g/mol. The monoisotopic (exact) mass is 373 g/mol. The van der Waals surface area contributed by atoms with E-state index in [-0.39, 0.29) is 5.91 Å². The predicted octanol–water partition coefficient (Wildman–Crippen LogP) is 4.94. The van der Waals surface area contributed by atoms with Crippen LogP contribution >= 0.6 is 11.3 Å². The van der Waals surface area contributed by atoms with E-state index in [4.69, 9.17) is 0 Å². The van der Waals surface area contributed by atoms with Crippen molar-refractivity contribution in [3.05, 3.63) is 83.4 Å². The maximum Gasteiger partial charge on any atom is 0.261 e. The molecule has 0 saturated carbocycles. The number of amides is 1. The van der Waals surface area contributed by atoms with Gasteiger partial charge in [-0.15, -0.1) is 11.3 Å². The summed E-state index contributed by atoms with van der Waals surface area (Å²) in [5, 5.41) is 7.08. The van der Waals surface area contributed by atoms with Gasteiger partial charge in [-0.05, 0) is 46.8 Å². The number of carbonyl (C=O) groups is 1. The summed E-state index contributed by atoms with van der Waals surface area (Å²) in [6.07, 6.45) is 1.88. The van der Waals surface area contributed by atoms with Crippen LogP contribution in [0, 0.1) is 0 Å². The van der Waals surface area contributed by atoms with E-state index in [1.54, 1.807) is 7.05 Å². The molecule has 1 amide bonds. The Hall–Kier alpha value is -3.18. The second-order valence-electron chi connectivity index (χ2n) is 6.21. The molecule has 0 aliphatic heterocycles. The van der Waals surface area contributed by atoms with Gasteiger partial charge < -0.3 is 10.6 Å². The zero-order valence-electron chi connectivity index (χ0n) is 14.9. The maximum absolute atomic E-state index is 11.8. The first-order chi connectivity index (χ1) is 13.2. The van der Waals surface area contributed by atoms with Crippen molar-refractivity contribution in [2.75, 3.05) is 12.4 Å². The van der Waals surface area contributed by atoms with Gasteiger partial charge in [0.2, 0.25) is 0 Å². The van der Waals surface area contributed by atoms with Gasteiger partial charge in [-0.3, -0.25) is 4.79 Å². The van der Waals surface area contributed by atoms with Gasteiger partial charge in [-0.2, -0.15) is 0 Å². The van der Waals surface area contributed by atoms with Crippen molar-refractivity contribution >= 4 is 33.1 Å². The molecule has 0 fully saturated rings. The van der Waals surface area contributed by atoms with Crippen molar-refractivity contribution in [1.82, 2.24) is 10.3 Å². The summed E-state index contributed by atoms with van der Waals surface area (Å²) in [5.41, 5.74) is 3.36. The molecule has 0 saturated heterocycles. The van der Waals surface area contributed by atoms with E-state index in [1.165, 1.54) is 16.9 Å². The van der Waals surface area contributed by atoms with Gasteiger partial charge in [0, 0.05) is 30.1 Å². The van der Waals surface area contributed by atoms with Crippen LogP contribution in [0.5, 0.6) is 0 Å². The number of aromatic nitrogens is 1. The van der Waals surface area contributed by atoms with Gasteiger partial charge in [0.15, 0.2) is 0 Å². The largest absolute Gasteiger partial charge is 0.366 e. The van der Waals surface area contributed by atoms with Gasteiger partial charge in [-0.1, -0.05) is 36.4 Å². The summed E-state index contributed by atoms with van der Waals surface area (Å²) in [4.78, 5) is 17.1. The summed E-state index contributed by atoms with van der Waals surface area (Å²) in [6.45, 7) is 0.746. The molecule has 2 aromatic carbocycles. The molecule has 5 heteroatoms. The van der Waals surface area contributed by atoms with Crippen molar-refractivity contribution in [3.63, 3.8) is 0 Å². The van der Waals surface area contributed by atoms with Crippen molar-refractivity contribution in [3.8, 4) is 11.1 Å². The molecule has 0 spiro atoms. The fourth-order valence-corrected chi connectivity index (χ4v) is 3.91. The van der Waals surface area contributed by atoms with Crippen molar-refractivity contribution in [1.29, 1.82) is 0 Å². The van der Waals surface area contributed by atoms with Gasteiger partial charge in [0.05, 0.1) is 4.88 Å². The third kappa shape index (κ3) is 3.83. The molecule has 4 aromatic rings. The number of anilines is 1. The fourth-order valence-electron chi connectivity index (χ4n) is 2.92. The lowest BCUT2D eigenvalue weighted by atomic mass is 10.1. The van der Waals surface area contributed by atoms with E-state index in [0.29, 0.717) is 0 Å². The molecule has 2 aromatic heterocycles. The lowest BCUT2D eigenvalue weighted by Gasteiger charge is -2.07. The van der Waals surface area contributed by atoms with E-state index in [0.717, 1.165) is 38.5 Å². The Morgan fingerprint density at radius 3 is 2.56 bits per heavy atom. The second kappa shape index (κ2) is 7.60. The van der Waals surface area contributed by atoms with Crippen LogP contribution in [0.2, 0.25) is 0 Å². The highest BCUT2D eigenvalue weighted by Gasteiger charge is 2.09. The molecular formula is C22H19N3OS. The van der Waals surface area contributed by atoms with E-state index in [1.807, 2.05) is 36.5 Å². The molecule has 0 radical (unpaired) electrons. The third-order valence-electron chi connectivity index (χ3n) is 4.38. The summed E-state index contributed by atoms with van der Waals surface area (Å²) in [7, 11) is 1.65. The number of benzene rings is 2. The lowest BCUT2D eigenvalue weighted by Crippen LogP contribution is -2.15. The summed E-state index contributed by atoms with van der Waals surface area (Å²) >= 11 is 1.50. The van der Waals surface area contributed by atoms with Gasteiger partial charge in [0.1, 0.15) is 5.82 Å². The van der Waals surface area contributed by atoms with Crippen molar-refractivity contribution in [2.45, 2.75) is 6.54 Å². The highest BCUT2D eigenvalue weighted by atomic mass is 32.1. The number of pyridine rings is 1. The highest BCUT2D eigenvalue weighted by molar-refractivity contribution is 7.20. The SMILES string of the molecule is CNC(=O)c1cc2cc(-c3ccc(NCc4ccccc4)nc3)ccc2s1. The second-order valence-corrected chi connectivity index (χ2v) is 7.30. The van der Waals surface area contributed by atoms with E-state index in [9.17, 15) is 4.79 Å². The smallest absolute Gasteiger partial charge is 0.261 e. The van der Waals surface area contributed by atoms with E-state index in [2.05, 4.69) is 52.0 Å². The Morgan fingerprint density at radius 2 is 1.81 bits per heavy atom. The highest BCUT2D eigenvalue weighted by Crippen LogP contribution is 2.30. The number of nitrogens with zero attached hydrogens (tertiary/aromatic N) is 1. The molecule has 27 heavy (non-hydrogen) atoms. The molecule has 134 valence electrons. The van der Waals surface area contributed by atoms with Gasteiger partial charge >= 0.3 is 0 Å². The lowest BCUT2D eigenvalue weighted by molar-refractivity contribution is 0.0967. The molecule has 0 aliphatic carbocycles. The third-order valence-corrected chi connectivity index (χ3v) is 5.50.